The van der Waals surface area contributed by atoms with Gasteiger partial charge in [-0.05, 0) is 98.6 Å². The van der Waals surface area contributed by atoms with E-state index in [0.29, 0.717) is 22.8 Å². The van der Waals surface area contributed by atoms with E-state index in [0.717, 1.165) is 71.8 Å². The number of rotatable bonds is 6. The van der Waals surface area contributed by atoms with Crippen LogP contribution in [0, 0.1) is 18.3 Å². The molecule has 1 aromatic carbocycles. The van der Waals surface area contributed by atoms with Gasteiger partial charge < -0.3 is 9.55 Å². The summed E-state index contributed by atoms with van der Waals surface area (Å²) in [5.41, 5.74) is 7.01. The van der Waals surface area contributed by atoms with Gasteiger partial charge >= 0.3 is 0 Å². The van der Waals surface area contributed by atoms with Crippen molar-refractivity contribution < 1.29 is 0 Å². The smallest absolute Gasteiger partial charge is 0.280 e. The van der Waals surface area contributed by atoms with Crippen LogP contribution >= 0.6 is 0 Å². The summed E-state index contributed by atoms with van der Waals surface area (Å²) in [6.07, 6.45) is 11.7. The van der Waals surface area contributed by atoms with E-state index in [9.17, 15) is 10.1 Å². The quantitative estimate of drug-likeness (QED) is 0.291. The summed E-state index contributed by atoms with van der Waals surface area (Å²) >= 11 is 0. The minimum atomic E-state index is -0.0810. The summed E-state index contributed by atoms with van der Waals surface area (Å²) in [4.78, 5) is 29.4. The molecular formula is C33H33N7O. The van der Waals surface area contributed by atoms with Crippen LogP contribution in [-0.4, -0.2) is 42.1 Å². The molecule has 2 fully saturated rings. The zero-order valence-corrected chi connectivity index (χ0v) is 23.5. The third kappa shape index (κ3) is 4.76. The summed E-state index contributed by atoms with van der Waals surface area (Å²) in [5.74, 6) is 1.84. The Kier molecular flexibility index (Phi) is 6.32. The second kappa shape index (κ2) is 10.2. The number of H-pyrrole nitrogens is 1. The molecule has 0 spiro atoms. The number of benzene rings is 1. The number of aryl methyl sites for hydroxylation is 2. The molecule has 8 heteroatoms. The molecule has 2 aliphatic rings. The summed E-state index contributed by atoms with van der Waals surface area (Å²) in [6, 6.07) is 14.1. The normalized spacial score (nSPS) is 15.8. The summed E-state index contributed by atoms with van der Waals surface area (Å²) in [5, 5.41) is 10.6. The van der Waals surface area contributed by atoms with Crippen LogP contribution < -0.4 is 5.56 Å². The zero-order valence-electron chi connectivity index (χ0n) is 23.5. The van der Waals surface area contributed by atoms with Crippen molar-refractivity contribution in [1.29, 1.82) is 5.26 Å². The Labute approximate surface area is 238 Å². The van der Waals surface area contributed by atoms with Gasteiger partial charge in [-0.1, -0.05) is 12.5 Å². The van der Waals surface area contributed by atoms with Gasteiger partial charge in [0.05, 0.1) is 11.6 Å². The van der Waals surface area contributed by atoms with Gasteiger partial charge in [-0.25, -0.2) is 9.97 Å². The van der Waals surface area contributed by atoms with E-state index >= 15 is 0 Å². The highest BCUT2D eigenvalue weighted by Gasteiger charge is 2.28. The van der Waals surface area contributed by atoms with Gasteiger partial charge in [0.15, 0.2) is 0 Å². The maximum absolute atomic E-state index is 14.0. The predicted molar refractivity (Wildman–Crippen MR) is 160 cm³/mol. The van der Waals surface area contributed by atoms with Crippen LogP contribution in [0.4, 0.5) is 0 Å². The van der Waals surface area contributed by atoms with Crippen molar-refractivity contribution in [3.05, 3.63) is 87.9 Å². The lowest BCUT2D eigenvalue weighted by molar-refractivity contribution is 0.219. The lowest BCUT2D eigenvalue weighted by Crippen LogP contribution is -2.29. The summed E-state index contributed by atoms with van der Waals surface area (Å²) in [7, 11) is 1.94. The fourth-order valence-electron chi connectivity index (χ4n) is 6.23. The first-order valence-electron chi connectivity index (χ1n) is 14.5. The lowest BCUT2D eigenvalue weighted by Gasteiger charge is -2.25. The molecule has 1 saturated heterocycles. The van der Waals surface area contributed by atoms with Gasteiger partial charge in [0.1, 0.15) is 17.2 Å². The molecule has 0 radical (unpaired) electrons. The number of imidazole rings is 1. The van der Waals surface area contributed by atoms with E-state index < -0.39 is 0 Å². The number of fused-ring (bicyclic) bond motifs is 1. The number of aromatic nitrogens is 5. The van der Waals surface area contributed by atoms with E-state index in [1.54, 1.807) is 10.8 Å². The van der Waals surface area contributed by atoms with Crippen molar-refractivity contribution in [2.75, 3.05) is 13.1 Å². The average Bonchev–Trinajstić information content (AvgIpc) is 3.60. The molecule has 1 saturated carbocycles. The van der Waals surface area contributed by atoms with Gasteiger partial charge in [0.25, 0.3) is 5.56 Å². The van der Waals surface area contributed by atoms with E-state index in [4.69, 9.17) is 4.98 Å². The predicted octanol–water partition coefficient (Wildman–Crippen LogP) is 5.82. The van der Waals surface area contributed by atoms with Crippen molar-refractivity contribution >= 4 is 10.9 Å². The van der Waals surface area contributed by atoms with Crippen molar-refractivity contribution in [2.24, 2.45) is 7.05 Å². The van der Waals surface area contributed by atoms with Crippen molar-refractivity contribution in [3.63, 3.8) is 0 Å². The summed E-state index contributed by atoms with van der Waals surface area (Å²) < 4.78 is 3.67. The van der Waals surface area contributed by atoms with Crippen molar-refractivity contribution in [1.82, 2.24) is 29.0 Å². The van der Waals surface area contributed by atoms with Crippen LogP contribution in [0.25, 0.3) is 39.2 Å². The molecule has 1 aliphatic heterocycles. The fraction of sp³-hybridized carbons (Fsp3) is 0.333. The highest BCUT2D eigenvalue weighted by atomic mass is 16.1. The van der Waals surface area contributed by atoms with Crippen LogP contribution in [-0.2, 0) is 13.6 Å². The molecule has 41 heavy (non-hydrogen) atoms. The Hall–Kier alpha value is -4.48. The van der Waals surface area contributed by atoms with E-state index in [2.05, 4.69) is 27.0 Å². The van der Waals surface area contributed by atoms with Gasteiger partial charge in [0, 0.05) is 54.5 Å². The topological polar surface area (TPSA) is 95.5 Å². The molecule has 8 nitrogen and oxygen atoms in total. The van der Waals surface area contributed by atoms with Crippen molar-refractivity contribution in [2.45, 2.75) is 51.5 Å². The monoisotopic (exact) mass is 543 g/mol. The van der Waals surface area contributed by atoms with E-state index in [1.165, 1.54) is 24.8 Å². The molecule has 1 N–H and O–H groups in total. The number of nitrogens with zero attached hydrogens (tertiary/aromatic N) is 6. The molecule has 7 rings (SSSR count). The number of likely N-dealkylation sites (tertiary alicyclic amines) is 1. The molecule has 1 aliphatic carbocycles. The van der Waals surface area contributed by atoms with Gasteiger partial charge in [-0.3, -0.25) is 14.3 Å². The van der Waals surface area contributed by atoms with Crippen LogP contribution in [0.15, 0.2) is 59.8 Å². The molecule has 0 bridgehead atoms. The maximum atomic E-state index is 14.0. The number of hydrogen-bond acceptors (Lipinski definition) is 5. The Morgan fingerprint density at radius 1 is 1.07 bits per heavy atom. The highest BCUT2D eigenvalue weighted by molar-refractivity contribution is 5.85. The molecule has 4 aromatic heterocycles. The summed E-state index contributed by atoms with van der Waals surface area (Å²) in [6.45, 7) is 5.02. The first-order valence-corrected chi connectivity index (χ1v) is 14.5. The Morgan fingerprint density at radius 3 is 2.63 bits per heavy atom. The Balaban J connectivity index is 1.36. The maximum Gasteiger partial charge on any atom is 0.280 e. The second-order valence-corrected chi connectivity index (χ2v) is 11.5. The molecular weight excluding hydrogens is 510 g/mol. The number of nitrogens with one attached hydrogen (secondary N) is 1. The molecule has 0 amide bonds. The third-order valence-corrected chi connectivity index (χ3v) is 8.45. The SMILES string of the molecule is Cc1cc(-c2ccc(C#N)cc2-c2nccn2C)cc(-n2cc(C3CC3)c3cc(CN4CCCCC4)[nH]c3c2=O)n1. The molecule has 5 heterocycles. The van der Waals surface area contributed by atoms with Crippen LogP contribution in [0.3, 0.4) is 0 Å². The van der Waals surface area contributed by atoms with Gasteiger partial charge in [0.2, 0.25) is 0 Å². The average molecular weight is 544 g/mol. The van der Waals surface area contributed by atoms with Crippen LogP contribution in [0.1, 0.15) is 60.5 Å². The zero-order chi connectivity index (χ0) is 28.1. The molecule has 206 valence electrons. The lowest BCUT2D eigenvalue weighted by atomic mass is 9.97. The number of hydrogen-bond donors (Lipinski definition) is 1. The van der Waals surface area contributed by atoms with E-state index in [-0.39, 0.29) is 5.56 Å². The standard InChI is InChI=1S/C33H33N7O/c1-21-14-24(26-9-6-22(18-34)15-28(26)32-35-10-13-38(32)2)16-30(36-21)40-20-29(23-7-8-23)27-17-25(37-31(27)33(40)41)19-39-11-4-3-5-12-39/h6,9-10,13-17,20,23,37H,3-5,7-8,11-12,19H2,1-2H3. The third-order valence-electron chi connectivity index (χ3n) is 8.45. The number of nitriles is 1. The molecule has 0 unspecified atom stereocenters. The number of pyridine rings is 2. The number of piperidine rings is 1. The first kappa shape index (κ1) is 25.5. The van der Waals surface area contributed by atoms with Crippen LogP contribution in [0.2, 0.25) is 0 Å². The van der Waals surface area contributed by atoms with E-state index in [1.807, 2.05) is 61.3 Å². The van der Waals surface area contributed by atoms with Crippen LogP contribution in [0.5, 0.6) is 0 Å². The fourth-order valence-corrected chi connectivity index (χ4v) is 6.23. The minimum Gasteiger partial charge on any atom is -0.353 e. The highest BCUT2D eigenvalue weighted by Crippen LogP contribution is 2.43. The molecule has 0 atom stereocenters. The molecule has 5 aromatic rings. The Morgan fingerprint density at radius 2 is 1.90 bits per heavy atom. The van der Waals surface area contributed by atoms with Gasteiger partial charge in [-0.2, -0.15) is 5.26 Å². The Bertz CT molecular complexity index is 1880. The minimum absolute atomic E-state index is 0.0810. The number of aromatic amines is 1. The van der Waals surface area contributed by atoms with Crippen molar-refractivity contribution in [3.8, 4) is 34.4 Å². The first-order chi connectivity index (χ1) is 20.0. The largest absolute Gasteiger partial charge is 0.353 e. The second-order valence-electron chi connectivity index (χ2n) is 11.5. The van der Waals surface area contributed by atoms with Gasteiger partial charge in [-0.15, -0.1) is 0 Å².